The van der Waals surface area contributed by atoms with Crippen LogP contribution >= 0.6 is 11.3 Å². The number of rotatable bonds is 3. The molecule has 13 rings (SSSR count). The molecule has 5 aromatic heterocycles. The van der Waals surface area contributed by atoms with Crippen molar-refractivity contribution in [1.29, 1.82) is 0 Å². The minimum Gasteiger partial charge on any atom is -0.457 e. The fraction of sp³-hybridized carbons (Fsp3) is 0. The van der Waals surface area contributed by atoms with E-state index in [2.05, 4.69) is 139 Å². The van der Waals surface area contributed by atoms with Gasteiger partial charge in [-0.25, -0.2) is 0 Å². The van der Waals surface area contributed by atoms with Crippen molar-refractivity contribution in [3.8, 4) is 11.5 Å². The standard InChI is InChI=1S/C45H26B2N6O2S/c1-2-10-27(11-3-1)53-34-17-7-19-37-41(34)46(31-20-23-56-45(31)53)43-38(54-37)24-35-42(50-43)47-39-30-14-4-5-18-36(30)55-44(39)52(29-13-9-22-49-26-29)33-16-6-15-32(40(33)47)51(35)28-12-8-21-48-25-28/h1-26H. The van der Waals surface area contributed by atoms with Crippen molar-refractivity contribution in [3.63, 3.8) is 0 Å². The van der Waals surface area contributed by atoms with Gasteiger partial charge in [-0.3, -0.25) is 19.9 Å². The van der Waals surface area contributed by atoms with Gasteiger partial charge in [0.05, 0.1) is 40.1 Å². The smallest absolute Gasteiger partial charge is 0.280 e. The lowest BCUT2D eigenvalue weighted by Gasteiger charge is -2.43. The Morgan fingerprint density at radius 3 is 2.05 bits per heavy atom. The quantitative estimate of drug-likeness (QED) is 0.177. The fourth-order valence-electron chi connectivity index (χ4n) is 9.40. The van der Waals surface area contributed by atoms with Crippen LogP contribution in [0.15, 0.2) is 162 Å². The first kappa shape index (κ1) is 30.3. The van der Waals surface area contributed by atoms with Crippen LogP contribution in [0.4, 0.5) is 50.7 Å². The Hall–Kier alpha value is -7.10. The van der Waals surface area contributed by atoms with E-state index in [0.717, 1.165) is 95.7 Å². The molecule has 0 fully saturated rings. The Labute approximate surface area is 326 Å². The first-order valence-electron chi connectivity index (χ1n) is 18.6. The number of pyridine rings is 3. The summed E-state index contributed by atoms with van der Waals surface area (Å²) in [5.41, 5.74) is 14.4. The van der Waals surface area contributed by atoms with E-state index in [1.54, 1.807) is 17.5 Å². The molecule has 4 aliphatic heterocycles. The molecule has 0 atom stereocenters. The molecule has 0 unspecified atom stereocenters. The molecule has 4 aromatic carbocycles. The minimum atomic E-state index is -0.246. The van der Waals surface area contributed by atoms with E-state index in [0.29, 0.717) is 0 Å². The fourth-order valence-corrected chi connectivity index (χ4v) is 10.4. The molecule has 56 heavy (non-hydrogen) atoms. The highest BCUT2D eigenvalue weighted by Gasteiger charge is 2.50. The molecule has 11 heteroatoms. The van der Waals surface area contributed by atoms with Gasteiger partial charge in [0, 0.05) is 57.7 Å². The zero-order chi connectivity index (χ0) is 36.5. The van der Waals surface area contributed by atoms with E-state index in [-0.39, 0.29) is 13.4 Å². The molecular weight excluding hydrogens is 710 g/mol. The van der Waals surface area contributed by atoms with Crippen LogP contribution in [0.2, 0.25) is 0 Å². The molecule has 0 aliphatic carbocycles. The normalized spacial score (nSPS) is 14.0. The first-order chi connectivity index (χ1) is 27.8. The third kappa shape index (κ3) is 3.96. The molecule has 0 radical (unpaired) electrons. The van der Waals surface area contributed by atoms with Gasteiger partial charge in [-0.15, -0.1) is 11.3 Å². The lowest BCUT2D eigenvalue weighted by molar-refractivity contribution is 0.486. The Bertz CT molecular complexity index is 3070. The number of hydrogen-bond donors (Lipinski definition) is 0. The van der Waals surface area contributed by atoms with Crippen LogP contribution in [0.25, 0.3) is 11.0 Å². The van der Waals surface area contributed by atoms with Crippen LogP contribution in [0.5, 0.6) is 11.5 Å². The van der Waals surface area contributed by atoms with Gasteiger partial charge in [-0.05, 0) is 88.5 Å². The molecule has 8 nitrogen and oxygen atoms in total. The Morgan fingerprint density at radius 2 is 1.25 bits per heavy atom. The van der Waals surface area contributed by atoms with Gasteiger partial charge < -0.3 is 19.0 Å². The molecule has 0 amide bonds. The highest BCUT2D eigenvalue weighted by atomic mass is 32.1. The highest BCUT2D eigenvalue weighted by molar-refractivity contribution is 7.18. The molecule has 9 aromatic rings. The van der Waals surface area contributed by atoms with Crippen LogP contribution < -0.4 is 52.5 Å². The van der Waals surface area contributed by atoms with E-state index >= 15 is 0 Å². The van der Waals surface area contributed by atoms with Gasteiger partial charge in [-0.1, -0.05) is 54.6 Å². The van der Waals surface area contributed by atoms with E-state index in [1.165, 1.54) is 10.5 Å². The van der Waals surface area contributed by atoms with Crippen molar-refractivity contribution in [1.82, 2.24) is 15.0 Å². The number of aromatic nitrogens is 3. The lowest BCUT2D eigenvalue weighted by atomic mass is 9.33. The lowest BCUT2D eigenvalue weighted by Crippen LogP contribution is -2.65. The summed E-state index contributed by atoms with van der Waals surface area (Å²) in [5, 5.41) is 4.45. The van der Waals surface area contributed by atoms with E-state index in [4.69, 9.17) is 14.1 Å². The number of hydrogen-bond acceptors (Lipinski definition) is 9. The largest absolute Gasteiger partial charge is 0.457 e. The van der Waals surface area contributed by atoms with Crippen molar-refractivity contribution in [2.24, 2.45) is 0 Å². The summed E-state index contributed by atoms with van der Waals surface area (Å²) in [6, 6.07) is 44.4. The Morgan fingerprint density at radius 1 is 0.536 bits per heavy atom. The molecular formula is C45H26B2N6O2S. The molecule has 9 heterocycles. The summed E-state index contributed by atoms with van der Waals surface area (Å²) in [6.07, 6.45) is 7.43. The van der Waals surface area contributed by atoms with E-state index in [1.807, 2.05) is 36.8 Å². The zero-order valence-corrected chi connectivity index (χ0v) is 30.4. The summed E-state index contributed by atoms with van der Waals surface area (Å²) in [4.78, 5) is 21.9. The molecule has 0 spiro atoms. The number of fused-ring (bicyclic) bond motifs is 10. The SMILES string of the molecule is c1ccc(N2c3cccc4c3B(c3ccsc32)c2nc3c(cc2O4)N(c2cccnc2)c2cccc4c2B3c2c(oc3ccccc23)N4c2cccnc2)cc1. The topological polar surface area (TPSA) is 70.8 Å². The zero-order valence-electron chi connectivity index (χ0n) is 29.6. The van der Waals surface area contributed by atoms with E-state index < -0.39 is 0 Å². The van der Waals surface area contributed by atoms with Crippen LogP contribution in [0.3, 0.4) is 0 Å². The van der Waals surface area contributed by atoms with E-state index in [9.17, 15) is 0 Å². The monoisotopic (exact) mass is 736 g/mol. The number of furan rings is 1. The molecule has 0 bridgehead atoms. The summed E-state index contributed by atoms with van der Waals surface area (Å²) in [7, 11) is 0. The van der Waals surface area contributed by atoms with Crippen molar-refractivity contribution in [2.45, 2.75) is 0 Å². The molecule has 0 N–H and O–H groups in total. The van der Waals surface area contributed by atoms with Crippen LogP contribution in [-0.4, -0.2) is 28.4 Å². The molecule has 0 saturated carbocycles. The second-order valence-electron chi connectivity index (χ2n) is 14.4. The third-order valence-corrected chi connectivity index (χ3v) is 12.5. The summed E-state index contributed by atoms with van der Waals surface area (Å²) in [6.45, 7) is -0.375. The van der Waals surface area contributed by atoms with Gasteiger partial charge in [0.25, 0.3) is 13.4 Å². The molecule has 0 saturated heterocycles. The Balaban J connectivity index is 1.11. The average Bonchev–Trinajstić information content (AvgIpc) is 3.89. The van der Waals surface area contributed by atoms with Gasteiger partial charge in [0.15, 0.2) is 0 Å². The van der Waals surface area contributed by atoms with Gasteiger partial charge in [0.1, 0.15) is 17.1 Å². The maximum atomic E-state index is 6.98. The summed E-state index contributed by atoms with van der Waals surface area (Å²) >= 11 is 1.76. The first-order valence-corrected chi connectivity index (χ1v) is 19.5. The van der Waals surface area contributed by atoms with Crippen molar-refractivity contribution >= 4 is 119 Å². The van der Waals surface area contributed by atoms with Gasteiger partial charge in [0.2, 0.25) is 5.88 Å². The maximum Gasteiger partial charge on any atom is 0.280 e. The molecule has 260 valence electrons. The third-order valence-electron chi connectivity index (χ3n) is 11.6. The predicted molar refractivity (Wildman–Crippen MR) is 227 cm³/mol. The van der Waals surface area contributed by atoms with Crippen LogP contribution in [-0.2, 0) is 0 Å². The average molecular weight is 736 g/mol. The number of para-hydroxylation sites is 2. The minimum absolute atomic E-state index is 0.129. The van der Waals surface area contributed by atoms with Gasteiger partial charge in [-0.2, -0.15) is 0 Å². The number of ether oxygens (including phenoxy) is 1. The second-order valence-corrected chi connectivity index (χ2v) is 15.3. The molecule has 4 aliphatic rings. The van der Waals surface area contributed by atoms with Crippen molar-refractivity contribution in [3.05, 3.63) is 158 Å². The van der Waals surface area contributed by atoms with Crippen LogP contribution in [0.1, 0.15) is 0 Å². The number of anilines is 9. The second kappa shape index (κ2) is 11.2. The Kier molecular flexibility index (Phi) is 6.06. The predicted octanol–water partition coefficient (Wildman–Crippen LogP) is 7.17. The number of nitrogens with zero attached hydrogens (tertiary/aromatic N) is 6. The van der Waals surface area contributed by atoms with Crippen molar-refractivity contribution in [2.75, 3.05) is 14.7 Å². The van der Waals surface area contributed by atoms with Crippen LogP contribution in [0, 0.1) is 0 Å². The number of thiophene rings is 1. The summed E-state index contributed by atoms with van der Waals surface area (Å²) < 4.78 is 13.9. The maximum absolute atomic E-state index is 6.98. The summed E-state index contributed by atoms with van der Waals surface area (Å²) in [5.74, 6) is 2.37. The number of benzene rings is 4. The van der Waals surface area contributed by atoms with Crippen molar-refractivity contribution < 1.29 is 9.15 Å². The highest BCUT2D eigenvalue weighted by Crippen LogP contribution is 2.47. The van der Waals surface area contributed by atoms with Gasteiger partial charge >= 0.3 is 0 Å².